The number of amides is 1. The van der Waals surface area contributed by atoms with Gasteiger partial charge in [-0.15, -0.1) is 6.58 Å². The van der Waals surface area contributed by atoms with Crippen LogP contribution in [0.15, 0.2) is 43.0 Å². The number of anilines is 1. The summed E-state index contributed by atoms with van der Waals surface area (Å²) in [5, 5.41) is 12.3. The fourth-order valence-electron chi connectivity index (χ4n) is 4.21. The number of nitrogens with zero attached hydrogens (tertiary/aromatic N) is 4. The van der Waals surface area contributed by atoms with Gasteiger partial charge >= 0.3 is 0 Å². The van der Waals surface area contributed by atoms with Crippen molar-refractivity contribution in [3.63, 3.8) is 0 Å². The number of allylic oxidation sites excluding steroid dienone is 1. The van der Waals surface area contributed by atoms with Gasteiger partial charge in [-0.05, 0) is 26.3 Å². The predicted octanol–water partition coefficient (Wildman–Crippen LogP) is 3.71. The molecule has 0 saturated heterocycles. The lowest BCUT2D eigenvalue weighted by atomic mass is 9.84. The Bertz CT molecular complexity index is 1040. The van der Waals surface area contributed by atoms with Gasteiger partial charge in [-0.25, -0.2) is 0 Å². The third-order valence-corrected chi connectivity index (χ3v) is 5.51. The Labute approximate surface area is 164 Å². The molecular weight excluding hydrogens is 350 g/mol. The largest absolute Gasteiger partial charge is 0.309 e. The van der Waals surface area contributed by atoms with E-state index in [1.54, 1.807) is 0 Å². The summed E-state index contributed by atoms with van der Waals surface area (Å²) in [6.07, 6.45) is 2.25. The first-order valence-corrected chi connectivity index (χ1v) is 9.55. The zero-order chi connectivity index (χ0) is 19.8. The zero-order valence-electron chi connectivity index (χ0n) is 16.6. The molecule has 3 heterocycles. The molecule has 3 aromatic rings. The lowest BCUT2D eigenvalue weighted by Gasteiger charge is -2.23. The Hall–Kier alpha value is -3.15. The highest BCUT2D eigenvalue weighted by Gasteiger charge is 2.35. The van der Waals surface area contributed by atoms with Crippen LogP contribution in [0.5, 0.6) is 0 Å². The summed E-state index contributed by atoms with van der Waals surface area (Å²) in [6.45, 7) is 11.3. The molecule has 144 valence electrons. The van der Waals surface area contributed by atoms with Crippen LogP contribution >= 0.6 is 0 Å². The Kier molecular flexibility index (Phi) is 4.63. The maximum absolute atomic E-state index is 12.4. The lowest BCUT2D eigenvalue weighted by molar-refractivity contribution is -0.116. The van der Waals surface area contributed by atoms with Crippen LogP contribution < -0.4 is 5.32 Å². The van der Waals surface area contributed by atoms with Crippen molar-refractivity contribution in [2.75, 3.05) is 5.32 Å². The van der Waals surface area contributed by atoms with Crippen LogP contribution in [-0.2, 0) is 17.9 Å². The predicted molar refractivity (Wildman–Crippen MR) is 109 cm³/mol. The first-order chi connectivity index (χ1) is 13.5. The summed E-state index contributed by atoms with van der Waals surface area (Å²) >= 11 is 0. The Balaban J connectivity index is 1.79. The summed E-state index contributed by atoms with van der Waals surface area (Å²) in [5.41, 5.74) is 6.53. The molecule has 0 aliphatic carbocycles. The average molecular weight is 375 g/mol. The maximum Gasteiger partial charge on any atom is 0.226 e. The monoisotopic (exact) mass is 375 g/mol. The van der Waals surface area contributed by atoms with Crippen LogP contribution in [0.4, 0.5) is 5.82 Å². The van der Waals surface area contributed by atoms with Crippen molar-refractivity contribution in [1.29, 1.82) is 0 Å². The molecule has 0 unspecified atom stereocenters. The third kappa shape index (κ3) is 3.05. The van der Waals surface area contributed by atoms with E-state index in [9.17, 15) is 4.79 Å². The van der Waals surface area contributed by atoms with Gasteiger partial charge in [0, 0.05) is 34.9 Å². The van der Waals surface area contributed by atoms with Crippen LogP contribution in [0.1, 0.15) is 46.1 Å². The number of nitrogens with one attached hydrogen (secondary N) is 1. The van der Waals surface area contributed by atoms with E-state index in [-0.39, 0.29) is 11.8 Å². The van der Waals surface area contributed by atoms with Gasteiger partial charge in [0.25, 0.3) is 0 Å². The van der Waals surface area contributed by atoms with E-state index in [0.29, 0.717) is 25.3 Å². The van der Waals surface area contributed by atoms with Gasteiger partial charge in [0.1, 0.15) is 0 Å². The van der Waals surface area contributed by atoms with Crippen LogP contribution in [-0.4, -0.2) is 25.5 Å². The van der Waals surface area contributed by atoms with E-state index in [0.717, 1.165) is 28.2 Å². The van der Waals surface area contributed by atoms with Crippen LogP contribution in [0.3, 0.4) is 0 Å². The van der Waals surface area contributed by atoms with Gasteiger partial charge in [-0.2, -0.15) is 10.2 Å². The van der Waals surface area contributed by atoms with Crippen LogP contribution in [0.25, 0.3) is 0 Å². The van der Waals surface area contributed by atoms with Gasteiger partial charge in [-0.3, -0.25) is 14.2 Å². The quantitative estimate of drug-likeness (QED) is 0.692. The number of aromatic nitrogens is 4. The second-order valence-electron chi connectivity index (χ2n) is 7.35. The van der Waals surface area contributed by atoms with E-state index in [2.05, 4.69) is 43.0 Å². The van der Waals surface area contributed by atoms with Crippen molar-refractivity contribution >= 4 is 11.7 Å². The topological polar surface area (TPSA) is 64.7 Å². The highest BCUT2D eigenvalue weighted by Crippen LogP contribution is 2.41. The minimum atomic E-state index is -0.0353. The van der Waals surface area contributed by atoms with E-state index in [1.165, 1.54) is 5.56 Å². The molecule has 4 rings (SSSR count). The van der Waals surface area contributed by atoms with Crippen molar-refractivity contribution in [2.24, 2.45) is 0 Å². The van der Waals surface area contributed by atoms with E-state index in [4.69, 9.17) is 5.10 Å². The summed E-state index contributed by atoms with van der Waals surface area (Å²) in [6, 6.07) is 10.2. The van der Waals surface area contributed by atoms with E-state index in [1.807, 2.05) is 40.6 Å². The Morgan fingerprint density at radius 3 is 2.54 bits per heavy atom. The first kappa shape index (κ1) is 18.2. The molecule has 1 atom stereocenters. The van der Waals surface area contributed by atoms with Crippen molar-refractivity contribution in [2.45, 2.75) is 46.2 Å². The molecule has 0 spiro atoms. The Morgan fingerprint density at radius 1 is 1.11 bits per heavy atom. The minimum absolute atomic E-state index is 0.00266. The first-order valence-electron chi connectivity index (χ1n) is 9.55. The fourth-order valence-corrected chi connectivity index (χ4v) is 4.21. The normalized spacial score (nSPS) is 16.0. The summed E-state index contributed by atoms with van der Waals surface area (Å²) in [7, 11) is 0. The molecule has 0 fully saturated rings. The van der Waals surface area contributed by atoms with Crippen LogP contribution in [0.2, 0.25) is 0 Å². The number of fused-ring (bicyclic) bond motifs is 1. The highest BCUT2D eigenvalue weighted by atomic mass is 16.1. The minimum Gasteiger partial charge on any atom is -0.309 e. The third-order valence-electron chi connectivity index (χ3n) is 5.51. The van der Waals surface area contributed by atoms with Crippen molar-refractivity contribution in [3.05, 3.63) is 76.8 Å². The molecule has 1 amide bonds. The number of aryl methyl sites for hydroxylation is 1. The summed E-state index contributed by atoms with van der Waals surface area (Å²) in [4.78, 5) is 12.4. The van der Waals surface area contributed by atoms with Gasteiger partial charge < -0.3 is 5.32 Å². The second kappa shape index (κ2) is 7.11. The van der Waals surface area contributed by atoms with Crippen molar-refractivity contribution in [3.8, 4) is 0 Å². The van der Waals surface area contributed by atoms with E-state index >= 15 is 0 Å². The van der Waals surface area contributed by atoms with Crippen molar-refractivity contribution in [1.82, 2.24) is 19.6 Å². The molecule has 2 aromatic heterocycles. The zero-order valence-corrected chi connectivity index (χ0v) is 16.6. The molecule has 0 bridgehead atoms. The second-order valence-corrected chi connectivity index (χ2v) is 7.35. The molecule has 1 N–H and O–H groups in total. The maximum atomic E-state index is 12.4. The van der Waals surface area contributed by atoms with Gasteiger partial charge in [0.15, 0.2) is 5.82 Å². The summed E-state index contributed by atoms with van der Waals surface area (Å²) in [5.74, 6) is 0.633. The van der Waals surface area contributed by atoms with Gasteiger partial charge in [0.2, 0.25) is 5.91 Å². The number of hydrogen-bond acceptors (Lipinski definition) is 3. The molecule has 1 aliphatic heterocycles. The number of rotatable bonds is 5. The highest BCUT2D eigenvalue weighted by molar-refractivity contribution is 5.94. The average Bonchev–Trinajstić information content (AvgIpc) is 3.12. The number of benzene rings is 1. The summed E-state index contributed by atoms with van der Waals surface area (Å²) < 4.78 is 3.94. The number of carbonyl (C=O) groups is 1. The smallest absolute Gasteiger partial charge is 0.226 e. The fraction of sp³-hybridized carbons (Fsp3) is 0.318. The Morgan fingerprint density at radius 2 is 1.82 bits per heavy atom. The standard InChI is InChI=1S/C22H25N5O/c1-5-11-26-15(3)20(14(2)24-26)18-12-19(28)23-22-21(18)16(4)27(25-22)13-17-9-7-6-8-10-17/h5-10,18H,1,11-13H2,2-4H3,(H,23,25,28)/t18-/m0/s1. The molecule has 28 heavy (non-hydrogen) atoms. The van der Waals surface area contributed by atoms with Gasteiger partial charge in [0.05, 0.1) is 18.8 Å². The number of carbonyl (C=O) groups excluding carboxylic acids is 1. The van der Waals surface area contributed by atoms with Gasteiger partial charge in [-0.1, -0.05) is 36.4 Å². The van der Waals surface area contributed by atoms with Crippen LogP contribution in [0, 0.1) is 20.8 Å². The lowest BCUT2D eigenvalue weighted by Crippen LogP contribution is -2.24. The number of hydrogen-bond donors (Lipinski definition) is 1. The SMILES string of the molecule is C=CCn1nc(C)c([C@@H]2CC(=O)Nc3nn(Cc4ccccc4)c(C)c32)c1C. The molecule has 1 aromatic carbocycles. The molecular formula is C22H25N5O. The molecule has 0 saturated carbocycles. The molecule has 0 radical (unpaired) electrons. The molecule has 6 heteroatoms. The molecule has 6 nitrogen and oxygen atoms in total. The molecule has 1 aliphatic rings. The van der Waals surface area contributed by atoms with E-state index < -0.39 is 0 Å². The van der Waals surface area contributed by atoms with Crippen molar-refractivity contribution < 1.29 is 4.79 Å².